The number of carbonyl (C=O) groups is 1. The predicted octanol–water partition coefficient (Wildman–Crippen LogP) is 1.63. The normalized spacial score (nSPS) is 22.6. The van der Waals surface area contributed by atoms with Gasteiger partial charge in [0.05, 0.1) is 12.6 Å². The molecule has 0 radical (unpaired) electrons. The highest BCUT2D eigenvalue weighted by Crippen LogP contribution is 2.21. The Morgan fingerprint density at radius 1 is 1.61 bits per heavy atom. The molecule has 0 aromatic carbocycles. The summed E-state index contributed by atoms with van der Waals surface area (Å²) in [5.41, 5.74) is 5.53. The second-order valence-corrected chi connectivity index (χ2v) is 5.37. The number of thiophene rings is 1. The SMILES string of the molecule is CN(Cc1cccs1)C(=O)[C@@H]1CC[C@H](CN)O1.Cl. The summed E-state index contributed by atoms with van der Waals surface area (Å²) in [5, 5.41) is 2.02. The van der Waals surface area contributed by atoms with Crippen LogP contribution in [-0.2, 0) is 16.1 Å². The number of carbonyl (C=O) groups excluding carboxylic acids is 1. The lowest BCUT2D eigenvalue weighted by Crippen LogP contribution is -2.36. The van der Waals surface area contributed by atoms with Gasteiger partial charge in [-0.3, -0.25) is 4.79 Å². The van der Waals surface area contributed by atoms with Gasteiger partial charge in [0.15, 0.2) is 0 Å². The molecule has 1 amide bonds. The minimum Gasteiger partial charge on any atom is -0.364 e. The van der Waals surface area contributed by atoms with Crippen molar-refractivity contribution < 1.29 is 9.53 Å². The Kier molecular flexibility index (Phi) is 6.08. The third kappa shape index (κ3) is 3.68. The van der Waals surface area contributed by atoms with Crippen LogP contribution in [0.1, 0.15) is 17.7 Å². The first-order valence-corrected chi connectivity index (χ1v) is 6.71. The molecule has 1 saturated heterocycles. The zero-order valence-corrected chi connectivity index (χ0v) is 12.0. The lowest BCUT2D eigenvalue weighted by atomic mass is 10.2. The molecule has 0 spiro atoms. The predicted molar refractivity (Wildman–Crippen MR) is 75.0 cm³/mol. The van der Waals surface area contributed by atoms with Gasteiger partial charge in [-0.15, -0.1) is 23.7 Å². The van der Waals surface area contributed by atoms with Crippen LogP contribution < -0.4 is 5.73 Å². The first-order chi connectivity index (χ1) is 8.20. The lowest BCUT2D eigenvalue weighted by Gasteiger charge is -2.20. The van der Waals surface area contributed by atoms with Crippen molar-refractivity contribution in [3.05, 3.63) is 22.4 Å². The van der Waals surface area contributed by atoms with Crippen molar-refractivity contribution in [2.45, 2.75) is 31.6 Å². The van der Waals surface area contributed by atoms with E-state index >= 15 is 0 Å². The minimum absolute atomic E-state index is 0. The fourth-order valence-electron chi connectivity index (χ4n) is 2.02. The van der Waals surface area contributed by atoms with Crippen LogP contribution in [0.2, 0.25) is 0 Å². The lowest BCUT2D eigenvalue weighted by molar-refractivity contribution is -0.141. The van der Waals surface area contributed by atoms with Crippen molar-refractivity contribution in [1.29, 1.82) is 0 Å². The van der Waals surface area contributed by atoms with E-state index in [9.17, 15) is 4.79 Å². The van der Waals surface area contributed by atoms with Gasteiger partial charge >= 0.3 is 0 Å². The summed E-state index contributed by atoms with van der Waals surface area (Å²) >= 11 is 1.66. The summed E-state index contributed by atoms with van der Waals surface area (Å²) < 4.78 is 5.60. The number of hydrogen-bond acceptors (Lipinski definition) is 4. The van der Waals surface area contributed by atoms with Crippen LogP contribution in [0.25, 0.3) is 0 Å². The second kappa shape index (κ2) is 7.09. The Bertz CT molecular complexity index is 372. The van der Waals surface area contributed by atoms with Crippen molar-refractivity contribution >= 4 is 29.7 Å². The van der Waals surface area contributed by atoms with Crippen LogP contribution in [-0.4, -0.2) is 36.6 Å². The first-order valence-electron chi connectivity index (χ1n) is 5.83. The number of likely N-dealkylation sites (N-methyl/N-ethyl adjacent to an activating group) is 1. The zero-order chi connectivity index (χ0) is 12.3. The third-order valence-electron chi connectivity index (χ3n) is 3.00. The summed E-state index contributed by atoms with van der Waals surface area (Å²) in [4.78, 5) is 15.0. The molecule has 4 nitrogen and oxygen atoms in total. The van der Waals surface area contributed by atoms with Crippen molar-refractivity contribution in [3.8, 4) is 0 Å². The number of nitrogens with two attached hydrogens (primary N) is 1. The topological polar surface area (TPSA) is 55.6 Å². The zero-order valence-electron chi connectivity index (χ0n) is 10.4. The number of halogens is 1. The molecular weight excluding hydrogens is 272 g/mol. The number of nitrogens with zero attached hydrogens (tertiary/aromatic N) is 1. The largest absolute Gasteiger partial charge is 0.364 e. The molecule has 6 heteroatoms. The van der Waals surface area contributed by atoms with Gasteiger partial charge in [0.2, 0.25) is 0 Å². The van der Waals surface area contributed by atoms with Crippen LogP contribution in [0.5, 0.6) is 0 Å². The van der Waals surface area contributed by atoms with E-state index in [1.807, 2.05) is 24.6 Å². The number of ether oxygens (including phenoxy) is 1. The molecular formula is C12H19ClN2O2S. The van der Waals surface area contributed by atoms with Gasteiger partial charge in [0, 0.05) is 18.5 Å². The molecule has 1 fully saturated rings. The van der Waals surface area contributed by atoms with Crippen molar-refractivity contribution in [2.75, 3.05) is 13.6 Å². The van der Waals surface area contributed by atoms with Crippen LogP contribution in [0.4, 0.5) is 0 Å². The minimum atomic E-state index is -0.298. The average molecular weight is 291 g/mol. The molecule has 1 aromatic rings. The Labute approximate surface area is 118 Å². The van der Waals surface area contributed by atoms with Crippen molar-refractivity contribution in [1.82, 2.24) is 4.90 Å². The smallest absolute Gasteiger partial charge is 0.251 e. The van der Waals surface area contributed by atoms with E-state index in [1.54, 1.807) is 16.2 Å². The van der Waals surface area contributed by atoms with Gasteiger partial charge in [-0.25, -0.2) is 0 Å². The molecule has 2 heterocycles. The maximum Gasteiger partial charge on any atom is 0.251 e. The van der Waals surface area contributed by atoms with E-state index in [1.165, 1.54) is 4.88 Å². The fourth-order valence-corrected chi connectivity index (χ4v) is 2.78. The van der Waals surface area contributed by atoms with E-state index in [2.05, 4.69) is 0 Å². The van der Waals surface area contributed by atoms with Crippen molar-refractivity contribution in [3.63, 3.8) is 0 Å². The summed E-state index contributed by atoms with van der Waals surface area (Å²) in [6, 6.07) is 4.03. The summed E-state index contributed by atoms with van der Waals surface area (Å²) in [7, 11) is 1.82. The Morgan fingerprint density at radius 2 is 2.39 bits per heavy atom. The molecule has 102 valence electrons. The molecule has 1 aliphatic heterocycles. The Balaban J connectivity index is 0.00000162. The van der Waals surface area contributed by atoms with Gasteiger partial charge in [0.1, 0.15) is 6.10 Å². The van der Waals surface area contributed by atoms with Crippen LogP contribution in [0.3, 0.4) is 0 Å². The molecule has 1 aromatic heterocycles. The second-order valence-electron chi connectivity index (χ2n) is 4.33. The Hall–Kier alpha value is -0.620. The highest BCUT2D eigenvalue weighted by molar-refractivity contribution is 7.09. The fraction of sp³-hybridized carbons (Fsp3) is 0.583. The average Bonchev–Trinajstić information content (AvgIpc) is 2.98. The highest BCUT2D eigenvalue weighted by atomic mass is 35.5. The maximum absolute atomic E-state index is 12.1. The maximum atomic E-state index is 12.1. The number of rotatable bonds is 4. The molecule has 2 N–H and O–H groups in total. The summed E-state index contributed by atoms with van der Waals surface area (Å²) in [6.07, 6.45) is 1.43. The first kappa shape index (κ1) is 15.4. The number of amides is 1. The summed E-state index contributed by atoms with van der Waals surface area (Å²) in [6.45, 7) is 1.15. The standard InChI is InChI=1S/C12H18N2O2S.ClH/c1-14(8-10-3-2-6-17-10)12(15)11-5-4-9(7-13)16-11;/h2-3,6,9,11H,4-5,7-8,13H2,1H3;1H/t9-,11+;/m1./s1. The van der Waals surface area contributed by atoms with Gasteiger partial charge in [-0.1, -0.05) is 6.07 Å². The van der Waals surface area contributed by atoms with E-state index in [4.69, 9.17) is 10.5 Å². The number of hydrogen-bond donors (Lipinski definition) is 1. The third-order valence-corrected chi connectivity index (χ3v) is 3.86. The van der Waals surface area contributed by atoms with Gasteiger partial charge in [-0.2, -0.15) is 0 Å². The molecule has 0 saturated carbocycles. The molecule has 18 heavy (non-hydrogen) atoms. The molecule has 2 atom stereocenters. The van der Waals surface area contributed by atoms with Gasteiger partial charge < -0.3 is 15.4 Å². The molecule has 1 aliphatic rings. The van der Waals surface area contributed by atoms with Crippen LogP contribution in [0.15, 0.2) is 17.5 Å². The molecule has 2 rings (SSSR count). The molecule has 0 unspecified atom stereocenters. The van der Waals surface area contributed by atoms with Gasteiger partial charge in [0.25, 0.3) is 5.91 Å². The van der Waals surface area contributed by atoms with Crippen LogP contribution in [0, 0.1) is 0 Å². The highest BCUT2D eigenvalue weighted by Gasteiger charge is 2.31. The van der Waals surface area contributed by atoms with Gasteiger partial charge in [-0.05, 0) is 24.3 Å². The summed E-state index contributed by atoms with van der Waals surface area (Å²) in [5.74, 6) is 0.0642. The molecule has 0 aliphatic carbocycles. The van der Waals surface area contributed by atoms with Crippen molar-refractivity contribution in [2.24, 2.45) is 5.73 Å². The monoisotopic (exact) mass is 290 g/mol. The van der Waals surface area contributed by atoms with E-state index in [-0.39, 0.29) is 30.5 Å². The van der Waals surface area contributed by atoms with Crippen LogP contribution >= 0.6 is 23.7 Å². The van der Waals surface area contributed by atoms with E-state index in [0.717, 1.165) is 12.8 Å². The molecule has 0 bridgehead atoms. The van der Waals surface area contributed by atoms with E-state index < -0.39 is 0 Å². The Morgan fingerprint density at radius 3 is 2.94 bits per heavy atom. The van der Waals surface area contributed by atoms with E-state index in [0.29, 0.717) is 13.1 Å². The quantitative estimate of drug-likeness (QED) is 0.917.